The van der Waals surface area contributed by atoms with Crippen LogP contribution in [0.2, 0.25) is 0 Å². The van der Waals surface area contributed by atoms with Gasteiger partial charge in [-0.2, -0.15) is 5.10 Å². The second-order valence-electron chi connectivity index (χ2n) is 8.20. The summed E-state index contributed by atoms with van der Waals surface area (Å²) >= 11 is 1.42. The van der Waals surface area contributed by atoms with Crippen molar-refractivity contribution in [3.63, 3.8) is 0 Å². The average Bonchev–Trinajstić information content (AvgIpc) is 3.26. The van der Waals surface area contributed by atoms with E-state index in [-0.39, 0.29) is 17.4 Å². The molecule has 1 aliphatic heterocycles. The highest BCUT2D eigenvalue weighted by Gasteiger charge is 2.32. The summed E-state index contributed by atoms with van der Waals surface area (Å²) in [5, 5.41) is 4.84. The molecule has 0 aromatic carbocycles. The van der Waals surface area contributed by atoms with Gasteiger partial charge in [-0.1, -0.05) is 20.8 Å². The van der Waals surface area contributed by atoms with Crippen LogP contribution in [-0.2, 0) is 5.41 Å². The Hall–Kier alpha value is -2.28. The van der Waals surface area contributed by atoms with Gasteiger partial charge in [0, 0.05) is 24.2 Å². The fraction of sp³-hybridized carbons (Fsp3) is 0.500. The minimum absolute atomic E-state index is 0.00553. The Labute approximate surface area is 163 Å². The van der Waals surface area contributed by atoms with E-state index in [9.17, 15) is 4.79 Å². The standard InChI is InChI=1S/C20H25N5OS/c1-13-18(27-12-22-13)19(26)24-10-6-5-7-14(24)15-8-9-21-17-11-16(20(2,3)4)23-25(15)17/h8-9,11-12,14H,5-7,10H2,1-4H3/t14-/m0/s1. The molecule has 142 valence electrons. The van der Waals surface area contributed by atoms with Gasteiger partial charge >= 0.3 is 0 Å². The van der Waals surface area contributed by atoms with Crippen molar-refractivity contribution in [1.82, 2.24) is 24.5 Å². The van der Waals surface area contributed by atoms with Crippen LogP contribution in [0, 0.1) is 6.92 Å². The number of piperidine rings is 1. The summed E-state index contributed by atoms with van der Waals surface area (Å²) in [7, 11) is 0. The first-order valence-corrected chi connectivity index (χ1v) is 10.3. The molecule has 4 heterocycles. The Morgan fingerprint density at radius 2 is 2.07 bits per heavy atom. The van der Waals surface area contributed by atoms with Gasteiger partial charge in [-0.25, -0.2) is 14.5 Å². The first-order valence-electron chi connectivity index (χ1n) is 9.42. The van der Waals surface area contributed by atoms with E-state index in [1.54, 1.807) is 5.51 Å². The number of carbonyl (C=O) groups is 1. The zero-order valence-corrected chi connectivity index (χ0v) is 17.1. The maximum absolute atomic E-state index is 13.2. The number of aryl methyl sites for hydroxylation is 1. The molecular formula is C20H25N5OS. The van der Waals surface area contributed by atoms with Crippen molar-refractivity contribution in [2.24, 2.45) is 0 Å². The lowest BCUT2D eigenvalue weighted by molar-refractivity contribution is 0.0607. The first-order chi connectivity index (χ1) is 12.9. The number of carbonyl (C=O) groups excluding carboxylic acids is 1. The van der Waals surface area contributed by atoms with Gasteiger partial charge in [-0.15, -0.1) is 11.3 Å². The molecule has 1 aliphatic rings. The summed E-state index contributed by atoms with van der Waals surface area (Å²) < 4.78 is 1.93. The van der Waals surface area contributed by atoms with Crippen molar-refractivity contribution in [1.29, 1.82) is 0 Å². The number of hydrogen-bond acceptors (Lipinski definition) is 5. The molecule has 0 aliphatic carbocycles. The zero-order chi connectivity index (χ0) is 19.2. The van der Waals surface area contributed by atoms with E-state index in [0.29, 0.717) is 0 Å². The minimum Gasteiger partial charge on any atom is -0.329 e. The van der Waals surface area contributed by atoms with Crippen LogP contribution >= 0.6 is 11.3 Å². The van der Waals surface area contributed by atoms with Crippen molar-refractivity contribution in [3.05, 3.63) is 45.8 Å². The van der Waals surface area contributed by atoms with Gasteiger partial charge in [0.25, 0.3) is 5.91 Å². The van der Waals surface area contributed by atoms with Gasteiger partial charge in [0.15, 0.2) is 5.65 Å². The molecule has 7 heteroatoms. The molecule has 0 radical (unpaired) electrons. The molecule has 1 atom stereocenters. The summed E-state index contributed by atoms with van der Waals surface area (Å²) in [5.41, 5.74) is 5.38. The molecular weight excluding hydrogens is 358 g/mol. The molecule has 1 amide bonds. The third-order valence-electron chi connectivity index (χ3n) is 5.20. The number of amides is 1. The fourth-order valence-corrected chi connectivity index (χ4v) is 4.41. The van der Waals surface area contributed by atoms with E-state index in [4.69, 9.17) is 5.10 Å². The van der Waals surface area contributed by atoms with Gasteiger partial charge in [-0.05, 0) is 32.3 Å². The molecule has 0 N–H and O–H groups in total. The molecule has 0 unspecified atom stereocenters. The van der Waals surface area contributed by atoms with Crippen molar-refractivity contribution < 1.29 is 4.79 Å². The summed E-state index contributed by atoms with van der Waals surface area (Å²) in [6.45, 7) is 9.11. The predicted molar refractivity (Wildman–Crippen MR) is 106 cm³/mol. The molecule has 3 aromatic heterocycles. The van der Waals surface area contributed by atoms with Gasteiger partial charge in [0.2, 0.25) is 0 Å². The zero-order valence-electron chi connectivity index (χ0n) is 16.3. The number of rotatable bonds is 2. The van der Waals surface area contributed by atoms with E-state index < -0.39 is 0 Å². The number of hydrogen-bond donors (Lipinski definition) is 0. The van der Waals surface area contributed by atoms with Crippen LogP contribution in [0.25, 0.3) is 5.65 Å². The second-order valence-corrected chi connectivity index (χ2v) is 9.05. The predicted octanol–water partition coefficient (Wildman–Crippen LogP) is 4.16. The lowest BCUT2D eigenvalue weighted by atomic mass is 9.93. The van der Waals surface area contributed by atoms with Gasteiger partial charge in [-0.3, -0.25) is 4.79 Å². The highest BCUT2D eigenvalue weighted by molar-refractivity contribution is 7.11. The van der Waals surface area contributed by atoms with Gasteiger partial charge in [0.05, 0.1) is 28.6 Å². The Bertz CT molecular complexity index is 984. The lowest BCUT2D eigenvalue weighted by Gasteiger charge is -2.35. The van der Waals surface area contributed by atoms with Gasteiger partial charge in [0.1, 0.15) is 4.88 Å². The van der Waals surface area contributed by atoms with Crippen molar-refractivity contribution in [3.8, 4) is 0 Å². The summed E-state index contributed by atoms with van der Waals surface area (Å²) in [5.74, 6) is 0.0767. The average molecular weight is 384 g/mol. The fourth-order valence-electron chi connectivity index (χ4n) is 3.65. The maximum atomic E-state index is 13.2. The highest BCUT2D eigenvalue weighted by Crippen LogP contribution is 2.34. The van der Waals surface area contributed by atoms with Crippen LogP contribution in [0.1, 0.15) is 72.8 Å². The summed E-state index contributed by atoms with van der Waals surface area (Å²) in [4.78, 5) is 24.7. The maximum Gasteiger partial charge on any atom is 0.266 e. The smallest absolute Gasteiger partial charge is 0.266 e. The Morgan fingerprint density at radius 1 is 1.26 bits per heavy atom. The Morgan fingerprint density at radius 3 is 2.78 bits per heavy atom. The van der Waals surface area contributed by atoms with Crippen LogP contribution in [0.3, 0.4) is 0 Å². The molecule has 1 fully saturated rings. The number of fused-ring (bicyclic) bond motifs is 1. The van der Waals surface area contributed by atoms with Crippen LogP contribution < -0.4 is 0 Å². The molecule has 6 nitrogen and oxygen atoms in total. The molecule has 27 heavy (non-hydrogen) atoms. The lowest BCUT2D eigenvalue weighted by Crippen LogP contribution is -2.39. The molecule has 4 rings (SSSR count). The minimum atomic E-state index is -0.0488. The van der Waals surface area contributed by atoms with Crippen LogP contribution in [-0.4, -0.2) is 36.9 Å². The number of aromatic nitrogens is 4. The van der Waals surface area contributed by atoms with Crippen molar-refractivity contribution >= 4 is 22.9 Å². The molecule has 0 bridgehead atoms. The van der Waals surface area contributed by atoms with Crippen LogP contribution in [0.5, 0.6) is 0 Å². The largest absolute Gasteiger partial charge is 0.329 e. The third-order valence-corrected chi connectivity index (χ3v) is 6.12. The van der Waals surface area contributed by atoms with E-state index in [2.05, 4.69) is 30.7 Å². The number of thiazole rings is 1. The molecule has 0 spiro atoms. The first kappa shape index (κ1) is 18.1. The van der Waals surface area contributed by atoms with Gasteiger partial charge < -0.3 is 4.90 Å². The normalized spacial score (nSPS) is 18.2. The van der Waals surface area contributed by atoms with Crippen LogP contribution in [0.15, 0.2) is 23.8 Å². The van der Waals surface area contributed by atoms with E-state index in [1.807, 2.05) is 34.7 Å². The van der Waals surface area contributed by atoms with Crippen molar-refractivity contribution in [2.75, 3.05) is 6.54 Å². The number of likely N-dealkylation sites (tertiary alicyclic amines) is 1. The van der Waals surface area contributed by atoms with Crippen LogP contribution in [0.4, 0.5) is 0 Å². The summed E-state index contributed by atoms with van der Waals surface area (Å²) in [6, 6.07) is 4.06. The monoisotopic (exact) mass is 383 g/mol. The number of nitrogens with zero attached hydrogens (tertiary/aromatic N) is 5. The highest BCUT2D eigenvalue weighted by atomic mass is 32.1. The second kappa shape index (κ2) is 6.71. The molecule has 1 saturated heterocycles. The van der Waals surface area contributed by atoms with Crippen molar-refractivity contribution in [2.45, 2.75) is 58.4 Å². The molecule has 3 aromatic rings. The summed E-state index contributed by atoms with van der Waals surface area (Å²) in [6.07, 6.45) is 4.90. The molecule has 0 saturated carbocycles. The Balaban J connectivity index is 1.77. The third kappa shape index (κ3) is 3.25. The van der Waals surface area contributed by atoms with E-state index >= 15 is 0 Å². The Kier molecular flexibility index (Phi) is 4.50. The van der Waals surface area contributed by atoms with E-state index in [0.717, 1.165) is 53.4 Å². The topological polar surface area (TPSA) is 63.4 Å². The van der Waals surface area contributed by atoms with E-state index in [1.165, 1.54) is 11.3 Å². The quantitative estimate of drug-likeness (QED) is 0.667. The SMILES string of the molecule is Cc1ncsc1C(=O)N1CCCC[C@H]1c1ccnc2cc(C(C)(C)C)nn12.